The van der Waals surface area contributed by atoms with Crippen molar-refractivity contribution in [2.45, 2.75) is 39.0 Å². The highest BCUT2D eigenvalue weighted by Crippen LogP contribution is 2.22. The fourth-order valence-electron chi connectivity index (χ4n) is 0.831. The molecule has 0 saturated carbocycles. The summed E-state index contributed by atoms with van der Waals surface area (Å²) in [7, 11) is 0. The first-order valence-corrected chi connectivity index (χ1v) is 4.13. The second kappa shape index (κ2) is 5.07. The highest BCUT2D eigenvalue weighted by Gasteiger charge is 2.22. The van der Waals surface area contributed by atoms with Crippen molar-refractivity contribution in [3.05, 3.63) is 24.3 Å². The summed E-state index contributed by atoms with van der Waals surface area (Å²) in [4.78, 5) is 0. The van der Waals surface area contributed by atoms with Crippen LogP contribution in [0.15, 0.2) is 24.3 Å². The van der Waals surface area contributed by atoms with Crippen molar-refractivity contribution in [3.63, 3.8) is 0 Å². The summed E-state index contributed by atoms with van der Waals surface area (Å²) in [6, 6.07) is 0. The lowest BCUT2D eigenvalue weighted by Crippen LogP contribution is -2.10. The van der Waals surface area contributed by atoms with Gasteiger partial charge in [0.1, 0.15) is 0 Å². The van der Waals surface area contributed by atoms with E-state index in [2.05, 4.69) is 6.58 Å². The third-order valence-electron chi connectivity index (χ3n) is 1.57. The van der Waals surface area contributed by atoms with Crippen LogP contribution in [0.3, 0.4) is 0 Å². The Hall–Kier alpha value is -0.660. The maximum absolute atomic E-state index is 12.5. The highest BCUT2D eigenvalue weighted by molar-refractivity contribution is 4.93. The van der Waals surface area contributed by atoms with Crippen LogP contribution in [0.4, 0.5) is 8.78 Å². The number of unbranched alkanes of at least 4 members (excludes halogenated alkanes) is 1. The van der Waals surface area contributed by atoms with Crippen LogP contribution in [-0.4, -0.2) is 5.92 Å². The minimum absolute atomic E-state index is 0.0969. The summed E-state index contributed by atoms with van der Waals surface area (Å²) in [6.45, 7) is 7.01. The highest BCUT2D eigenvalue weighted by atomic mass is 19.3. The Morgan fingerprint density at radius 2 is 2.00 bits per heavy atom. The van der Waals surface area contributed by atoms with Gasteiger partial charge < -0.3 is 0 Å². The largest absolute Gasteiger partial charge is 0.266 e. The Balaban J connectivity index is 3.57. The van der Waals surface area contributed by atoms with Crippen LogP contribution in [0, 0.1) is 0 Å². The van der Waals surface area contributed by atoms with E-state index in [1.54, 1.807) is 0 Å². The quantitative estimate of drug-likeness (QED) is 0.437. The first kappa shape index (κ1) is 11.3. The summed E-state index contributed by atoms with van der Waals surface area (Å²) >= 11 is 0. The van der Waals surface area contributed by atoms with Gasteiger partial charge in [-0.3, -0.25) is 0 Å². The molecule has 12 heavy (non-hydrogen) atoms. The zero-order chi connectivity index (χ0) is 9.61. The van der Waals surface area contributed by atoms with Gasteiger partial charge in [0.05, 0.1) is 0 Å². The Morgan fingerprint density at radius 1 is 1.42 bits per heavy atom. The lowest BCUT2D eigenvalue weighted by Gasteiger charge is -2.09. The summed E-state index contributed by atoms with van der Waals surface area (Å²) in [5, 5.41) is 0. The second-order valence-electron chi connectivity index (χ2n) is 3.14. The molecule has 70 valence electrons. The topological polar surface area (TPSA) is 0 Å². The SMILES string of the molecule is C=CC(F)(F)CCCC=C(C)C. The normalized spacial score (nSPS) is 11.0. The van der Waals surface area contributed by atoms with Gasteiger partial charge in [-0.15, -0.1) is 0 Å². The number of allylic oxidation sites excluding steroid dienone is 3. The van der Waals surface area contributed by atoms with Crippen LogP contribution in [0.5, 0.6) is 0 Å². The minimum atomic E-state index is -2.69. The maximum Gasteiger partial charge on any atom is 0.266 e. The molecule has 0 rings (SSSR count). The van der Waals surface area contributed by atoms with E-state index in [1.165, 1.54) is 5.57 Å². The van der Waals surface area contributed by atoms with Gasteiger partial charge in [0.15, 0.2) is 0 Å². The van der Waals surface area contributed by atoms with Crippen molar-refractivity contribution in [2.24, 2.45) is 0 Å². The van der Waals surface area contributed by atoms with Crippen LogP contribution in [0.25, 0.3) is 0 Å². The second-order valence-corrected chi connectivity index (χ2v) is 3.14. The molecule has 0 heterocycles. The fraction of sp³-hybridized carbons (Fsp3) is 0.600. The molecule has 0 fully saturated rings. The van der Waals surface area contributed by atoms with Gasteiger partial charge in [-0.05, 0) is 32.8 Å². The average Bonchev–Trinajstić information content (AvgIpc) is 1.98. The van der Waals surface area contributed by atoms with Crippen LogP contribution in [0.1, 0.15) is 33.1 Å². The van der Waals surface area contributed by atoms with E-state index in [-0.39, 0.29) is 6.42 Å². The van der Waals surface area contributed by atoms with E-state index >= 15 is 0 Å². The first-order chi connectivity index (χ1) is 5.48. The van der Waals surface area contributed by atoms with Crippen molar-refractivity contribution in [2.75, 3.05) is 0 Å². The average molecular weight is 174 g/mol. The van der Waals surface area contributed by atoms with E-state index in [0.29, 0.717) is 6.42 Å². The number of hydrogen-bond acceptors (Lipinski definition) is 0. The molecule has 0 aliphatic rings. The van der Waals surface area contributed by atoms with Crippen molar-refractivity contribution in [3.8, 4) is 0 Å². The molecule has 0 aromatic carbocycles. The van der Waals surface area contributed by atoms with E-state index in [1.807, 2.05) is 19.9 Å². The van der Waals surface area contributed by atoms with E-state index in [0.717, 1.165) is 12.5 Å². The minimum Gasteiger partial charge on any atom is -0.202 e. The van der Waals surface area contributed by atoms with Crippen LogP contribution in [0.2, 0.25) is 0 Å². The van der Waals surface area contributed by atoms with Crippen LogP contribution >= 0.6 is 0 Å². The van der Waals surface area contributed by atoms with Gasteiger partial charge in [0.2, 0.25) is 0 Å². The van der Waals surface area contributed by atoms with Gasteiger partial charge in [-0.2, -0.15) is 0 Å². The summed E-state index contributed by atoms with van der Waals surface area (Å²) < 4.78 is 25.1. The Kier molecular flexibility index (Phi) is 4.79. The van der Waals surface area contributed by atoms with Crippen molar-refractivity contribution in [1.29, 1.82) is 0 Å². The molecule has 0 aromatic heterocycles. The van der Waals surface area contributed by atoms with E-state index in [4.69, 9.17) is 0 Å². The molecule has 0 aliphatic carbocycles. The fourth-order valence-corrected chi connectivity index (χ4v) is 0.831. The molecule has 0 N–H and O–H groups in total. The number of hydrogen-bond donors (Lipinski definition) is 0. The molecule has 0 aliphatic heterocycles. The van der Waals surface area contributed by atoms with Crippen LogP contribution in [-0.2, 0) is 0 Å². The number of rotatable bonds is 5. The molecule has 0 aromatic rings. The lowest BCUT2D eigenvalue weighted by atomic mass is 10.1. The number of alkyl halides is 2. The molecule has 0 spiro atoms. The van der Waals surface area contributed by atoms with Crippen LogP contribution < -0.4 is 0 Å². The zero-order valence-corrected chi connectivity index (χ0v) is 7.74. The smallest absolute Gasteiger partial charge is 0.202 e. The zero-order valence-electron chi connectivity index (χ0n) is 7.74. The van der Waals surface area contributed by atoms with Crippen molar-refractivity contribution in [1.82, 2.24) is 0 Å². The Bertz CT molecular complexity index is 165. The van der Waals surface area contributed by atoms with Gasteiger partial charge >= 0.3 is 0 Å². The van der Waals surface area contributed by atoms with E-state index < -0.39 is 5.92 Å². The molecular weight excluding hydrogens is 158 g/mol. The third-order valence-corrected chi connectivity index (χ3v) is 1.57. The van der Waals surface area contributed by atoms with E-state index in [9.17, 15) is 8.78 Å². The molecule has 0 unspecified atom stereocenters. The van der Waals surface area contributed by atoms with Gasteiger partial charge in [-0.25, -0.2) is 8.78 Å². The summed E-state index contributed by atoms with van der Waals surface area (Å²) in [5.41, 5.74) is 1.18. The summed E-state index contributed by atoms with van der Waals surface area (Å²) in [5.74, 6) is -2.69. The lowest BCUT2D eigenvalue weighted by molar-refractivity contribution is 0.0441. The van der Waals surface area contributed by atoms with Crippen molar-refractivity contribution >= 4 is 0 Å². The molecule has 0 nitrogen and oxygen atoms in total. The molecule has 0 atom stereocenters. The number of halogens is 2. The molecule has 0 radical (unpaired) electrons. The van der Waals surface area contributed by atoms with Gasteiger partial charge in [-0.1, -0.05) is 18.2 Å². The predicted octanol–water partition coefficient (Wildman–Crippen LogP) is 3.94. The Labute approximate surface area is 73.0 Å². The van der Waals surface area contributed by atoms with Crippen molar-refractivity contribution < 1.29 is 8.78 Å². The first-order valence-electron chi connectivity index (χ1n) is 4.13. The monoisotopic (exact) mass is 174 g/mol. The predicted molar refractivity (Wildman–Crippen MR) is 48.4 cm³/mol. The molecule has 2 heteroatoms. The standard InChI is InChI=1S/C10H16F2/c1-4-10(11,12)8-6-5-7-9(2)3/h4,7H,1,5-6,8H2,2-3H3. The molecular formula is C10H16F2. The Morgan fingerprint density at radius 3 is 2.42 bits per heavy atom. The maximum atomic E-state index is 12.5. The molecule has 0 bridgehead atoms. The molecule has 0 saturated heterocycles. The van der Waals surface area contributed by atoms with Gasteiger partial charge in [0.25, 0.3) is 5.92 Å². The van der Waals surface area contributed by atoms with Gasteiger partial charge in [0, 0.05) is 6.42 Å². The molecule has 0 amide bonds. The summed E-state index contributed by atoms with van der Waals surface area (Å²) in [6.07, 6.45) is 3.84. The third kappa shape index (κ3) is 6.08.